The van der Waals surface area contributed by atoms with E-state index in [0.717, 1.165) is 49.7 Å². The second-order valence-corrected chi connectivity index (χ2v) is 7.50. The fourth-order valence-electron chi connectivity index (χ4n) is 3.34. The molecule has 1 aliphatic rings. The number of benzene rings is 2. The maximum Gasteiger partial charge on any atom is 0.254 e. The summed E-state index contributed by atoms with van der Waals surface area (Å²) in [7, 11) is 1.64. The highest BCUT2D eigenvalue weighted by atomic mass is 16.5. The van der Waals surface area contributed by atoms with E-state index in [-0.39, 0.29) is 5.91 Å². The minimum absolute atomic E-state index is 0.0788. The average molecular weight is 395 g/mol. The van der Waals surface area contributed by atoms with Crippen molar-refractivity contribution in [2.45, 2.75) is 20.4 Å². The molecule has 0 aromatic heterocycles. The van der Waals surface area contributed by atoms with Gasteiger partial charge in [0, 0.05) is 32.7 Å². The molecule has 0 bridgehead atoms. The number of aryl methyl sites for hydroxylation is 1. The Morgan fingerprint density at radius 3 is 2.24 bits per heavy atom. The maximum atomic E-state index is 12.3. The standard InChI is InChI=1S/C23H30N4O2/c1-18-4-6-20(7-5-18)16-26-12-14-27(15-13-26)17-23(28)25-24-19(2)21-8-10-22(29-3)11-9-21/h4-11H,12-17H2,1-3H3,(H,25,28)/b24-19+. The van der Waals surface area contributed by atoms with Crippen LogP contribution in [0.4, 0.5) is 0 Å². The quantitative estimate of drug-likeness (QED) is 0.579. The molecule has 2 aromatic rings. The van der Waals surface area contributed by atoms with Gasteiger partial charge in [0.05, 0.1) is 19.4 Å². The van der Waals surface area contributed by atoms with Gasteiger partial charge in [0.1, 0.15) is 5.75 Å². The predicted octanol–water partition coefficient (Wildman–Crippen LogP) is 2.66. The van der Waals surface area contributed by atoms with Gasteiger partial charge in [-0.1, -0.05) is 29.8 Å². The van der Waals surface area contributed by atoms with Gasteiger partial charge in [0.2, 0.25) is 0 Å². The second kappa shape index (κ2) is 10.2. The molecule has 0 spiro atoms. The van der Waals surface area contributed by atoms with E-state index in [4.69, 9.17) is 4.74 Å². The summed E-state index contributed by atoms with van der Waals surface area (Å²) in [5, 5.41) is 4.23. The normalized spacial score (nSPS) is 15.9. The summed E-state index contributed by atoms with van der Waals surface area (Å²) in [5.41, 5.74) is 7.02. The van der Waals surface area contributed by atoms with Gasteiger partial charge >= 0.3 is 0 Å². The highest BCUT2D eigenvalue weighted by molar-refractivity contribution is 5.99. The van der Waals surface area contributed by atoms with Crippen molar-refractivity contribution in [2.24, 2.45) is 5.10 Å². The van der Waals surface area contributed by atoms with Crippen molar-refractivity contribution in [2.75, 3.05) is 39.8 Å². The number of amides is 1. The molecule has 0 atom stereocenters. The van der Waals surface area contributed by atoms with Crippen molar-refractivity contribution in [1.82, 2.24) is 15.2 Å². The zero-order valence-electron chi connectivity index (χ0n) is 17.5. The Bertz CT molecular complexity index is 823. The Balaban J connectivity index is 1.41. The lowest BCUT2D eigenvalue weighted by atomic mass is 10.1. The molecule has 1 N–H and O–H groups in total. The van der Waals surface area contributed by atoms with Crippen molar-refractivity contribution in [1.29, 1.82) is 0 Å². The zero-order chi connectivity index (χ0) is 20.6. The lowest BCUT2D eigenvalue weighted by Crippen LogP contribution is -2.48. The van der Waals surface area contributed by atoms with Crippen LogP contribution in [0.1, 0.15) is 23.6 Å². The molecule has 6 nitrogen and oxygen atoms in total. The van der Waals surface area contributed by atoms with Gasteiger partial charge in [-0.3, -0.25) is 14.6 Å². The van der Waals surface area contributed by atoms with Crippen molar-refractivity contribution in [3.63, 3.8) is 0 Å². The number of piperazine rings is 1. The highest BCUT2D eigenvalue weighted by Crippen LogP contribution is 2.12. The number of nitrogens with zero attached hydrogens (tertiary/aromatic N) is 3. The fourth-order valence-corrected chi connectivity index (χ4v) is 3.34. The highest BCUT2D eigenvalue weighted by Gasteiger charge is 2.19. The molecular weight excluding hydrogens is 364 g/mol. The number of hydrazone groups is 1. The number of hydrogen-bond acceptors (Lipinski definition) is 5. The molecular formula is C23H30N4O2. The molecule has 2 aromatic carbocycles. The molecule has 0 saturated carbocycles. The molecule has 154 valence electrons. The third kappa shape index (κ3) is 6.41. The van der Waals surface area contributed by atoms with Crippen LogP contribution in [0.3, 0.4) is 0 Å². The number of methoxy groups -OCH3 is 1. The van der Waals surface area contributed by atoms with Gasteiger partial charge in [0.25, 0.3) is 5.91 Å². The van der Waals surface area contributed by atoms with E-state index < -0.39 is 0 Å². The number of carbonyl (C=O) groups excluding carboxylic acids is 1. The number of carbonyl (C=O) groups is 1. The summed E-state index contributed by atoms with van der Waals surface area (Å²) in [6.45, 7) is 9.04. The molecule has 1 saturated heterocycles. The minimum atomic E-state index is -0.0788. The summed E-state index contributed by atoms with van der Waals surface area (Å²) in [6, 6.07) is 16.3. The summed E-state index contributed by atoms with van der Waals surface area (Å²) >= 11 is 0. The zero-order valence-corrected chi connectivity index (χ0v) is 17.5. The topological polar surface area (TPSA) is 57.2 Å². The molecule has 1 fully saturated rings. The first-order chi connectivity index (χ1) is 14.0. The summed E-state index contributed by atoms with van der Waals surface area (Å²) in [6.07, 6.45) is 0. The number of nitrogens with one attached hydrogen (secondary N) is 1. The van der Waals surface area contributed by atoms with E-state index >= 15 is 0 Å². The van der Waals surface area contributed by atoms with Crippen molar-refractivity contribution in [3.8, 4) is 5.75 Å². The summed E-state index contributed by atoms with van der Waals surface area (Å²) < 4.78 is 5.16. The van der Waals surface area contributed by atoms with Crippen LogP contribution in [0, 0.1) is 6.92 Å². The van der Waals surface area contributed by atoms with E-state index in [9.17, 15) is 4.79 Å². The molecule has 0 aliphatic carbocycles. The van der Waals surface area contributed by atoms with Crippen LogP contribution in [0.15, 0.2) is 53.6 Å². The molecule has 6 heteroatoms. The summed E-state index contributed by atoms with van der Waals surface area (Å²) in [5.74, 6) is 0.719. The Morgan fingerprint density at radius 1 is 1.00 bits per heavy atom. The summed E-state index contributed by atoms with van der Waals surface area (Å²) in [4.78, 5) is 16.9. The molecule has 1 heterocycles. The van der Waals surface area contributed by atoms with Crippen LogP contribution in [-0.2, 0) is 11.3 Å². The maximum absolute atomic E-state index is 12.3. The van der Waals surface area contributed by atoms with Crippen LogP contribution in [0.25, 0.3) is 0 Å². The third-order valence-electron chi connectivity index (χ3n) is 5.22. The second-order valence-electron chi connectivity index (χ2n) is 7.50. The monoisotopic (exact) mass is 394 g/mol. The van der Waals surface area contributed by atoms with Crippen LogP contribution in [-0.4, -0.2) is 61.3 Å². The third-order valence-corrected chi connectivity index (χ3v) is 5.22. The van der Waals surface area contributed by atoms with E-state index in [1.54, 1.807) is 7.11 Å². The van der Waals surface area contributed by atoms with E-state index in [2.05, 4.69) is 51.5 Å². The molecule has 0 unspecified atom stereocenters. The minimum Gasteiger partial charge on any atom is -0.497 e. The molecule has 29 heavy (non-hydrogen) atoms. The first kappa shape index (κ1) is 21.0. The molecule has 0 radical (unpaired) electrons. The Kier molecular flexibility index (Phi) is 7.38. The largest absolute Gasteiger partial charge is 0.497 e. The predicted molar refractivity (Wildman–Crippen MR) is 116 cm³/mol. The Labute approximate surface area is 173 Å². The number of ether oxygens (including phenoxy) is 1. The van der Waals surface area contributed by atoms with Gasteiger partial charge in [-0.25, -0.2) is 5.43 Å². The van der Waals surface area contributed by atoms with Crippen molar-refractivity contribution < 1.29 is 9.53 Å². The van der Waals surface area contributed by atoms with Gasteiger partial charge in [-0.15, -0.1) is 0 Å². The van der Waals surface area contributed by atoms with Crippen LogP contribution in [0.5, 0.6) is 5.75 Å². The number of hydrogen-bond donors (Lipinski definition) is 1. The van der Waals surface area contributed by atoms with Gasteiger partial charge in [0.15, 0.2) is 0 Å². The van der Waals surface area contributed by atoms with Crippen molar-refractivity contribution >= 4 is 11.6 Å². The van der Waals surface area contributed by atoms with Crippen LogP contribution in [0.2, 0.25) is 0 Å². The van der Waals surface area contributed by atoms with E-state index in [0.29, 0.717) is 6.54 Å². The lowest BCUT2D eigenvalue weighted by molar-refractivity contribution is -0.122. The number of rotatable bonds is 7. The average Bonchev–Trinajstić information content (AvgIpc) is 2.75. The van der Waals surface area contributed by atoms with Gasteiger partial charge in [-0.05, 0) is 49.2 Å². The fraction of sp³-hybridized carbons (Fsp3) is 0.391. The smallest absolute Gasteiger partial charge is 0.254 e. The van der Waals surface area contributed by atoms with Gasteiger partial charge < -0.3 is 4.74 Å². The first-order valence-corrected chi connectivity index (χ1v) is 10.0. The SMILES string of the molecule is COc1ccc(/C(C)=N/NC(=O)CN2CCN(Cc3ccc(C)cc3)CC2)cc1. The van der Waals surface area contributed by atoms with Crippen LogP contribution >= 0.6 is 0 Å². The Morgan fingerprint density at radius 2 is 1.62 bits per heavy atom. The molecule has 3 rings (SSSR count). The van der Waals surface area contributed by atoms with E-state index in [1.807, 2.05) is 31.2 Å². The molecule has 1 aliphatic heterocycles. The molecule has 1 amide bonds. The van der Waals surface area contributed by atoms with Crippen molar-refractivity contribution in [3.05, 3.63) is 65.2 Å². The first-order valence-electron chi connectivity index (χ1n) is 10.0. The van der Waals surface area contributed by atoms with E-state index in [1.165, 1.54) is 11.1 Å². The lowest BCUT2D eigenvalue weighted by Gasteiger charge is -2.34. The Hall–Kier alpha value is -2.70. The van der Waals surface area contributed by atoms with Crippen LogP contribution < -0.4 is 10.2 Å². The van der Waals surface area contributed by atoms with Gasteiger partial charge in [-0.2, -0.15) is 5.10 Å².